The van der Waals surface area contributed by atoms with Gasteiger partial charge in [0.15, 0.2) is 5.70 Å². The van der Waals surface area contributed by atoms with Gasteiger partial charge in [0, 0.05) is 5.56 Å². The average molecular weight is 323 g/mol. The highest BCUT2D eigenvalue weighted by atomic mass is 16.6. The van der Waals surface area contributed by atoms with E-state index in [4.69, 9.17) is 9.84 Å². The van der Waals surface area contributed by atoms with Crippen LogP contribution in [-0.2, 0) is 9.53 Å². The van der Waals surface area contributed by atoms with Crippen LogP contribution in [0.5, 0.6) is 0 Å². The molecular formula is C15H17NO7. The van der Waals surface area contributed by atoms with Crippen molar-refractivity contribution < 1.29 is 35.1 Å². The number of ether oxygens (including phenoxy) is 1. The van der Waals surface area contributed by atoms with Crippen molar-refractivity contribution in [2.75, 3.05) is 6.61 Å². The maximum absolute atomic E-state index is 11.7. The molecular weight excluding hydrogens is 306 g/mol. The van der Waals surface area contributed by atoms with Gasteiger partial charge < -0.3 is 30.3 Å². The molecule has 4 unspecified atom stereocenters. The van der Waals surface area contributed by atoms with Crippen LogP contribution in [0.25, 0.3) is 0 Å². The lowest BCUT2D eigenvalue weighted by atomic mass is 10.0. The lowest BCUT2D eigenvalue weighted by Crippen LogP contribution is -2.45. The number of benzene rings is 1. The topological polar surface area (TPSA) is 140 Å². The second kappa shape index (κ2) is 7.44. The molecule has 0 bridgehead atoms. The van der Waals surface area contributed by atoms with Crippen LogP contribution in [-0.4, -0.2) is 68.4 Å². The number of nitrogens with zero attached hydrogens (tertiary/aromatic N) is 1. The normalized spacial score (nSPS) is 21.5. The minimum atomic E-state index is -1.81. The number of esters is 1. The molecule has 8 heteroatoms. The Kier molecular flexibility index (Phi) is 5.59. The summed E-state index contributed by atoms with van der Waals surface area (Å²) in [5.41, 5.74) is 0.330. The Morgan fingerprint density at radius 3 is 2.35 bits per heavy atom. The number of cyclic esters (lactones) is 1. The molecule has 0 aliphatic carbocycles. The van der Waals surface area contributed by atoms with Crippen molar-refractivity contribution in [2.45, 2.75) is 24.4 Å². The molecule has 8 nitrogen and oxygen atoms in total. The van der Waals surface area contributed by atoms with E-state index in [0.29, 0.717) is 5.56 Å². The Labute approximate surface area is 131 Å². The predicted octanol–water partition coefficient (Wildman–Crippen LogP) is -1.69. The molecule has 1 aromatic carbocycles. The number of aliphatic hydroxyl groups excluding tert-OH is 5. The quantitative estimate of drug-likeness (QED) is 0.311. The summed E-state index contributed by atoms with van der Waals surface area (Å²) < 4.78 is 4.97. The first-order chi connectivity index (χ1) is 10.9. The summed E-state index contributed by atoms with van der Waals surface area (Å²) >= 11 is 0. The monoisotopic (exact) mass is 323 g/mol. The van der Waals surface area contributed by atoms with Gasteiger partial charge in [0.05, 0.1) is 6.61 Å². The molecule has 1 aliphatic heterocycles. The first-order valence-corrected chi connectivity index (χ1v) is 6.85. The highest BCUT2D eigenvalue weighted by molar-refractivity contribution is 6.11. The minimum Gasteiger partial charge on any atom is -0.402 e. The predicted molar refractivity (Wildman–Crippen MR) is 78.3 cm³/mol. The number of hydrogen-bond donors (Lipinski definition) is 5. The maximum atomic E-state index is 11.7. The second-order valence-corrected chi connectivity index (χ2v) is 4.95. The van der Waals surface area contributed by atoms with E-state index < -0.39 is 37.0 Å². The molecule has 4 atom stereocenters. The van der Waals surface area contributed by atoms with E-state index in [-0.39, 0.29) is 11.6 Å². The SMILES string of the molecule is O=C1OC(c2ccccc2)=N/C1=C/C(O)C(O)C(O)C(O)CO. The Balaban J connectivity index is 2.15. The van der Waals surface area contributed by atoms with Crippen LogP contribution in [0.15, 0.2) is 47.1 Å². The summed E-state index contributed by atoms with van der Waals surface area (Å²) in [6.07, 6.45) is -6.00. The summed E-state index contributed by atoms with van der Waals surface area (Å²) in [6, 6.07) is 8.62. The van der Waals surface area contributed by atoms with Gasteiger partial charge in [-0.2, -0.15) is 0 Å². The van der Waals surface area contributed by atoms with Crippen molar-refractivity contribution in [3.63, 3.8) is 0 Å². The van der Waals surface area contributed by atoms with E-state index in [1.54, 1.807) is 30.3 Å². The van der Waals surface area contributed by atoms with Gasteiger partial charge >= 0.3 is 5.97 Å². The van der Waals surface area contributed by atoms with Crippen LogP contribution in [0.1, 0.15) is 5.56 Å². The first kappa shape index (κ1) is 17.3. The summed E-state index contributed by atoms with van der Waals surface area (Å²) in [4.78, 5) is 15.7. The van der Waals surface area contributed by atoms with E-state index in [1.807, 2.05) is 0 Å². The molecule has 23 heavy (non-hydrogen) atoms. The Morgan fingerprint density at radius 2 is 1.74 bits per heavy atom. The fourth-order valence-electron chi connectivity index (χ4n) is 1.93. The zero-order chi connectivity index (χ0) is 17.0. The fraction of sp³-hybridized carbons (Fsp3) is 0.333. The van der Waals surface area contributed by atoms with Gasteiger partial charge in [0.25, 0.3) is 0 Å². The smallest absolute Gasteiger partial charge is 0.363 e. The van der Waals surface area contributed by atoms with Gasteiger partial charge in [-0.1, -0.05) is 18.2 Å². The lowest BCUT2D eigenvalue weighted by molar-refractivity contribution is -0.130. The number of aliphatic hydroxyl groups is 5. The molecule has 124 valence electrons. The third-order valence-corrected chi connectivity index (χ3v) is 3.25. The van der Waals surface area contributed by atoms with Crippen LogP contribution >= 0.6 is 0 Å². The molecule has 0 amide bonds. The number of rotatable bonds is 6. The molecule has 0 spiro atoms. The van der Waals surface area contributed by atoms with Crippen LogP contribution < -0.4 is 0 Å². The van der Waals surface area contributed by atoms with Gasteiger partial charge in [0.2, 0.25) is 5.90 Å². The summed E-state index contributed by atoms with van der Waals surface area (Å²) in [7, 11) is 0. The third-order valence-electron chi connectivity index (χ3n) is 3.25. The highest BCUT2D eigenvalue weighted by Crippen LogP contribution is 2.18. The summed E-state index contributed by atoms with van der Waals surface area (Å²) in [5, 5.41) is 47.0. The summed E-state index contributed by atoms with van der Waals surface area (Å²) in [6.45, 7) is -0.792. The van der Waals surface area contributed by atoms with Gasteiger partial charge in [-0.25, -0.2) is 9.79 Å². The van der Waals surface area contributed by atoms with Crippen molar-refractivity contribution in [3.05, 3.63) is 47.7 Å². The van der Waals surface area contributed by atoms with E-state index in [9.17, 15) is 25.2 Å². The van der Waals surface area contributed by atoms with Crippen LogP contribution in [0.4, 0.5) is 0 Å². The van der Waals surface area contributed by atoms with Gasteiger partial charge in [0.1, 0.15) is 24.4 Å². The van der Waals surface area contributed by atoms with E-state index >= 15 is 0 Å². The molecule has 1 aliphatic rings. The van der Waals surface area contributed by atoms with Crippen LogP contribution in [0.3, 0.4) is 0 Å². The number of carbonyl (C=O) groups is 1. The molecule has 1 aromatic rings. The maximum Gasteiger partial charge on any atom is 0.363 e. The highest BCUT2D eigenvalue weighted by Gasteiger charge is 2.31. The second-order valence-electron chi connectivity index (χ2n) is 4.95. The van der Waals surface area contributed by atoms with Gasteiger partial charge in [-0.15, -0.1) is 0 Å². The molecule has 0 saturated heterocycles. The van der Waals surface area contributed by atoms with Gasteiger partial charge in [-0.3, -0.25) is 0 Å². The molecule has 0 aromatic heterocycles. The fourth-order valence-corrected chi connectivity index (χ4v) is 1.93. The Morgan fingerprint density at radius 1 is 1.09 bits per heavy atom. The third kappa shape index (κ3) is 4.01. The largest absolute Gasteiger partial charge is 0.402 e. The molecule has 5 N–H and O–H groups in total. The average Bonchev–Trinajstić information content (AvgIpc) is 2.94. The van der Waals surface area contributed by atoms with E-state index in [2.05, 4.69) is 4.99 Å². The zero-order valence-electron chi connectivity index (χ0n) is 12.0. The zero-order valence-corrected chi connectivity index (χ0v) is 12.0. The molecule has 1 heterocycles. The van der Waals surface area contributed by atoms with Gasteiger partial charge in [-0.05, 0) is 18.2 Å². The molecule has 0 fully saturated rings. The van der Waals surface area contributed by atoms with Crippen LogP contribution in [0, 0.1) is 0 Å². The Hall–Kier alpha value is -2.10. The summed E-state index contributed by atoms with van der Waals surface area (Å²) in [5.74, 6) is -0.758. The molecule has 0 saturated carbocycles. The molecule has 0 radical (unpaired) electrons. The van der Waals surface area contributed by atoms with Crippen LogP contribution in [0.2, 0.25) is 0 Å². The number of carbonyl (C=O) groups excluding carboxylic acids is 1. The van der Waals surface area contributed by atoms with Crippen molar-refractivity contribution in [2.24, 2.45) is 4.99 Å². The van der Waals surface area contributed by atoms with E-state index in [0.717, 1.165) is 6.08 Å². The number of hydrogen-bond acceptors (Lipinski definition) is 8. The van der Waals surface area contributed by atoms with Crippen molar-refractivity contribution >= 4 is 11.9 Å². The van der Waals surface area contributed by atoms with Crippen molar-refractivity contribution in [3.8, 4) is 0 Å². The minimum absolute atomic E-state index is 0.0551. The van der Waals surface area contributed by atoms with E-state index in [1.165, 1.54) is 0 Å². The lowest BCUT2D eigenvalue weighted by Gasteiger charge is -2.23. The first-order valence-electron chi connectivity index (χ1n) is 6.85. The standard InChI is InChI=1S/C15H17NO7/c17-7-11(19)13(21)12(20)10(18)6-9-15(22)23-14(16-9)8-4-2-1-3-5-8/h1-6,10-13,17-21H,7H2/b9-6+. The molecule has 2 rings (SSSR count). The Bertz CT molecular complexity index is 614. The number of aliphatic imine (C=N–C) groups is 1. The van der Waals surface area contributed by atoms with Crippen molar-refractivity contribution in [1.29, 1.82) is 0 Å². The van der Waals surface area contributed by atoms with Crippen molar-refractivity contribution in [1.82, 2.24) is 0 Å².